The number of piperidine rings is 1. The zero-order valence-electron chi connectivity index (χ0n) is 8.52. The third-order valence-electron chi connectivity index (χ3n) is 2.45. The first-order valence-corrected chi connectivity index (χ1v) is 4.91. The molecule has 2 rings (SSSR count). The maximum Gasteiger partial charge on any atom is 0.292 e. The zero-order chi connectivity index (χ0) is 10.8. The van der Waals surface area contributed by atoms with Gasteiger partial charge in [0.15, 0.2) is 0 Å². The Balaban J connectivity index is 2.05. The van der Waals surface area contributed by atoms with E-state index in [1.807, 2.05) is 0 Å². The molecule has 0 N–H and O–H groups in total. The lowest BCUT2D eigenvalue weighted by molar-refractivity contribution is -0.120. The minimum atomic E-state index is -0.178. The molecule has 0 spiro atoms. The number of hydrogen-bond donors (Lipinski definition) is 0. The molecule has 80 valence electrons. The number of aromatic nitrogens is 1. The van der Waals surface area contributed by atoms with Gasteiger partial charge in [-0.25, -0.2) is 0 Å². The van der Waals surface area contributed by atoms with E-state index in [-0.39, 0.29) is 17.5 Å². The van der Waals surface area contributed by atoms with Gasteiger partial charge in [0.1, 0.15) is 5.78 Å². The molecule has 15 heavy (non-hydrogen) atoms. The molecule has 1 aromatic heterocycles. The van der Waals surface area contributed by atoms with Gasteiger partial charge in [0, 0.05) is 32.0 Å². The lowest BCUT2D eigenvalue weighted by atomic mass is 10.1. The van der Waals surface area contributed by atoms with Gasteiger partial charge in [-0.3, -0.25) is 9.59 Å². The summed E-state index contributed by atoms with van der Waals surface area (Å²) >= 11 is 0. The number of carbonyl (C=O) groups excluding carboxylic acids is 2. The highest BCUT2D eigenvalue weighted by molar-refractivity contribution is 5.93. The average molecular weight is 208 g/mol. The van der Waals surface area contributed by atoms with E-state index in [9.17, 15) is 9.59 Å². The fourth-order valence-corrected chi connectivity index (χ4v) is 1.58. The van der Waals surface area contributed by atoms with Gasteiger partial charge in [0.05, 0.1) is 5.69 Å². The van der Waals surface area contributed by atoms with E-state index in [1.165, 1.54) is 0 Å². The van der Waals surface area contributed by atoms with Crippen molar-refractivity contribution in [1.29, 1.82) is 0 Å². The third-order valence-corrected chi connectivity index (χ3v) is 2.45. The molecule has 1 fully saturated rings. The van der Waals surface area contributed by atoms with Crippen molar-refractivity contribution in [1.82, 2.24) is 10.1 Å². The largest absolute Gasteiger partial charge is 0.351 e. The minimum absolute atomic E-state index is 0.178. The molecule has 0 aromatic carbocycles. The molecule has 1 aliphatic heterocycles. The minimum Gasteiger partial charge on any atom is -0.351 e. The Morgan fingerprint density at radius 3 is 2.67 bits per heavy atom. The number of likely N-dealkylation sites (tertiary alicyclic amines) is 1. The highest BCUT2D eigenvalue weighted by Gasteiger charge is 2.24. The molecule has 1 aliphatic rings. The molecule has 0 aliphatic carbocycles. The van der Waals surface area contributed by atoms with E-state index in [4.69, 9.17) is 4.52 Å². The van der Waals surface area contributed by atoms with Gasteiger partial charge in [0.2, 0.25) is 5.76 Å². The molecule has 5 nitrogen and oxygen atoms in total. The van der Waals surface area contributed by atoms with Crippen molar-refractivity contribution in [2.45, 2.75) is 19.8 Å². The van der Waals surface area contributed by atoms with Crippen molar-refractivity contribution in [3.8, 4) is 0 Å². The van der Waals surface area contributed by atoms with Crippen molar-refractivity contribution >= 4 is 11.7 Å². The maximum atomic E-state index is 11.8. The summed E-state index contributed by atoms with van der Waals surface area (Å²) in [7, 11) is 0. The molecule has 1 aromatic rings. The number of aryl methyl sites for hydroxylation is 1. The molecule has 0 saturated carbocycles. The van der Waals surface area contributed by atoms with Crippen molar-refractivity contribution in [3.05, 3.63) is 17.5 Å². The molecule has 1 saturated heterocycles. The third kappa shape index (κ3) is 2.06. The quantitative estimate of drug-likeness (QED) is 0.684. The molecule has 2 heterocycles. The van der Waals surface area contributed by atoms with Crippen LogP contribution in [0.15, 0.2) is 10.6 Å². The number of rotatable bonds is 1. The molecule has 0 bridgehead atoms. The number of ketones is 1. The van der Waals surface area contributed by atoms with Crippen LogP contribution in [0.3, 0.4) is 0 Å². The zero-order valence-corrected chi connectivity index (χ0v) is 8.52. The van der Waals surface area contributed by atoms with Crippen LogP contribution in [-0.2, 0) is 4.79 Å². The Bertz CT molecular complexity index is 387. The van der Waals surface area contributed by atoms with Gasteiger partial charge >= 0.3 is 0 Å². The predicted octanol–water partition coefficient (Wildman–Crippen LogP) is 0.788. The molecular weight excluding hydrogens is 196 g/mol. The second-order valence-electron chi connectivity index (χ2n) is 3.66. The van der Waals surface area contributed by atoms with E-state index in [0.717, 1.165) is 0 Å². The number of hydrogen-bond acceptors (Lipinski definition) is 4. The van der Waals surface area contributed by atoms with Gasteiger partial charge in [-0.15, -0.1) is 0 Å². The Morgan fingerprint density at radius 1 is 1.47 bits per heavy atom. The molecule has 0 atom stereocenters. The van der Waals surface area contributed by atoms with E-state index in [2.05, 4.69) is 5.16 Å². The molecule has 1 amide bonds. The molecule has 5 heteroatoms. The predicted molar refractivity (Wildman–Crippen MR) is 51.4 cm³/mol. The van der Waals surface area contributed by atoms with Crippen molar-refractivity contribution in [3.63, 3.8) is 0 Å². The summed E-state index contributed by atoms with van der Waals surface area (Å²) in [5, 5.41) is 3.66. The second kappa shape index (κ2) is 3.84. The van der Waals surface area contributed by atoms with Crippen LogP contribution in [0.5, 0.6) is 0 Å². The summed E-state index contributed by atoms with van der Waals surface area (Å²) in [5.74, 6) is 0.290. The SMILES string of the molecule is Cc1cc(C(=O)N2CCC(=O)CC2)on1. The number of carbonyl (C=O) groups is 2. The Morgan fingerprint density at radius 2 is 2.13 bits per heavy atom. The van der Waals surface area contributed by atoms with Crippen molar-refractivity contribution < 1.29 is 14.1 Å². The van der Waals surface area contributed by atoms with Crippen LogP contribution in [0.2, 0.25) is 0 Å². The highest BCUT2D eigenvalue weighted by atomic mass is 16.5. The van der Waals surface area contributed by atoms with Crippen LogP contribution in [0.1, 0.15) is 29.1 Å². The van der Waals surface area contributed by atoms with Gasteiger partial charge in [0.25, 0.3) is 5.91 Å². The summed E-state index contributed by atoms with van der Waals surface area (Å²) < 4.78 is 4.88. The highest BCUT2D eigenvalue weighted by Crippen LogP contribution is 2.11. The van der Waals surface area contributed by atoms with Crippen molar-refractivity contribution in [2.24, 2.45) is 0 Å². The average Bonchev–Trinajstić information content (AvgIpc) is 2.65. The first kappa shape index (κ1) is 9.89. The number of Topliss-reactive ketones (excluding diaryl/α,β-unsaturated/α-hetero) is 1. The first-order valence-electron chi connectivity index (χ1n) is 4.91. The van der Waals surface area contributed by atoms with Crippen molar-refractivity contribution in [2.75, 3.05) is 13.1 Å². The fourth-order valence-electron chi connectivity index (χ4n) is 1.58. The van der Waals surface area contributed by atoms with E-state index < -0.39 is 0 Å². The lowest BCUT2D eigenvalue weighted by Crippen LogP contribution is -2.38. The smallest absolute Gasteiger partial charge is 0.292 e. The van der Waals surface area contributed by atoms with E-state index in [1.54, 1.807) is 17.9 Å². The van der Waals surface area contributed by atoms with Gasteiger partial charge < -0.3 is 9.42 Å². The lowest BCUT2D eigenvalue weighted by Gasteiger charge is -2.24. The van der Waals surface area contributed by atoms with E-state index in [0.29, 0.717) is 31.6 Å². The first-order chi connectivity index (χ1) is 7.16. The van der Waals surface area contributed by atoms with Crippen LogP contribution in [-0.4, -0.2) is 34.8 Å². The topological polar surface area (TPSA) is 63.4 Å². The van der Waals surface area contributed by atoms with Crippen LogP contribution >= 0.6 is 0 Å². The Labute approximate surface area is 87.0 Å². The molecule has 0 unspecified atom stereocenters. The van der Waals surface area contributed by atoms with E-state index >= 15 is 0 Å². The number of amides is 1. The molecular formula is C10H12N2O3. The molecule has 0 radical (unpaired) electrons. The summed E-state index contributed by atoms with van der Waals surface area (Å²) in [6, 6.07) is 1.61. The summed E-state index contributed by atoms with van der Waals surface area (Å²) in [6.07, 6.45) is 0.887. The van der Waals surface area contributed by atoms with Gasteiger partial charge in [-0.2, -0.15) is 0 Å². The van der Waals surface area contributed by atoms with Crippen LogP contribution in [0.25, 0.3) is 0 Å². The standard InChI is InChI=1S/C10H12N2O3/c1-7-6-9(15-11-7)10(14)12-4-2-8(13)3-5-12/h6H,2-5H2,1H3. The normalized spacial score (nSPS) is 16.9. The van der Waals surface area contributed by atoms with Crippen LogP contribution in [0.4, 0.5) is 0 Å². The maximum absolute atomic E-state index is 11.8. The summed E-state index contributed by atoms with van der Waals surface area (Å²) in [4.78, 5) is 24.4. The van der Waals surface area contributed by atoms with Crippen LogP contribution < -0.4 is 0 Å². The summed E-state index contributed by atoms with van der Waals surface area (Å²) in [5.41, 5.74) is 0.687. The van der Waals surface area contributed by atoms with Gasteiger partial charge in [-0.1, -0.05) is 5.16 Å². The second-order valence-corrected chi connectivity index (χ2v) is 3.66. The Hall–Kier alpha value is -1.65. The monoisotopic (exact) mass is 208 g/mol. The Kier molecular flexibility index (Phi) is 2.53. The van der Waals surface area contributed by atoms with Crippen LogP contribution in [0, 0.1) is 6.92 Å². The summed E-state index contributed by atoms with van der Waals surface area (Å²) in [6.45, 7) is 2.73. The fraction of sp³-hybridized carbons (Fsp3) is 0.500. The van der Waals surface area contributed by atoms with Gasteiger partial charge in [-0.05, 0) is 6.92 Å². The number of nitrogens with zero attached hydrogens (tertiary/aromatic N) is 2.